The summed E-state index contributed by atoms with van der Waals surface area (Å²) in [7, 11) is 0. The van der Waals surface area contributed by atoms with Gasteiger partial charge in [-0.05, 0) is 49.9 Å². The minimum absolute atomic E-state index is 0.156. The van der Waals surface area contributed by atoms with Crippen molar-refractivity contribution in [2.45, 2.75) is 39.2 Å². The minimum Gasteiger partial charge on any atom is -0.381 e. The predicted molar refractivity (Wildman–Crippen MR) is 127 cm³/mol. The fourth-order valence-corrected chi connectivity index (χ4v) is 4.26. The van der Waals surface area contributed by atoms with E-state index >= 15 is 0 Å². The van der Waals surface area contributed by atoms with Crippen LogP contribution < -0.4 is 26.6 Å². The summed E-state index contributed by atoms with van der Waals surface area (Å²) in [5, 5.41) is 10.2. The molecule has 9 nitrogen and oxygen atoms in total. The number of primary amides is 1. The smallest absolute Gasteiger partial charge is 0.271 e. The van der Waals surface area contributed by atoms with Crippen molar-refractivity contribution in [1.82, 2.24) is 15.3 Å². The van der Waals surface area contributed by atoms with Gasteiger partial charge in [0.05, 0.1) is 5.69 Å². The molecule has 0 bridgehead atoms. The fraction of sp³-hybridized carbons (Fsp3) is 0.522. The molecule has 2 aromatic rings. The normalized spacial score (nSPS) is 17.2. The van der Waals surface area contributed by atoms with Crippen molar-refractivity contribution in [2.75, 3.05) is 54.9 Å². The van der Waals surface area contributed by atoms with Crippen LogP contribution in [0.5, 0.6) is 0 Å². The number of nitrogens with two attached hydrogens (primary N) is 1. The number of amides is 1. The summed E-state index contributed by atoms with van der Waals surface area (Å²) >= 11 is 0. The molecule has 1 aromatic carbocycles. The highest BCUT2D eigenvalue weighted by Gasteiger charge is 2.21. The van der Waals surface area contributed by atoms with Gasteiger partial charge in [-0.1, -0.05) is 6.92 Å². The number of aromatic nitrogens is 2. The van der Waals surface area contributed by atoms with Gasteiger partial charge >= 0.3 is 0 Å². The summed E-state index contributed by atoms with van der Waals surface area (Å²) in [4.78, 5) is 23.8. The number of hydrogen-bond acceptors (Lipinski definition) is 8. The molecule has 2 saturated heterocycles. The van der Waals surface area contributed by atoms with Crippen LogP contribution in [0, 0.1) is 6.92 Å². The van der Waals surface area contributed by atoms with E-state index in [2.05, 4.69) is 44.9 Å². The number of rotatable bonds is 7. The van der Waals surface area contributed by atoms with E-state index in [0.717, 1.165) is 69.2 Å². The maximum atomic E-state index is 12.1. The molecule has 172 valence electrons. The van der Waals surface area contributed by atoms with Crippen LogP contribution in [0.2, 0.25) is 0 Å². The van der Waals surface area contributed by atoms with Crippen LogP contribution in [0.3, 0.4) is 0 Å². The summed E-state index contributed by atoms with van der Waals surface area (Å²) in [6.07, 6.45) is 2.48. The first-order chi connectivity index (χ1) is 15.5. The lowest BCUT2D eigenvalue weighted by Gasteiger charge is -2.31. The summed E-state index contributed by atoms with van der Waals surface area (Å²) in [5.74, 6) is 0.473. The van der Waals surface area contributed by atoms with E-state index in [-0.39, 0.29) is 11.7 Å². The molecule has 5 N–H and O–H groups in total. The van der Waals surface area contributed by atoms with Gasteiger partial charge in [-0.15, -0.1) is 0 Å². The molecule has 3 heterocycles. The second-order valence-electron chi connectivity index (χ2n) is 8.33. The van der Waals surface area contributed by atoms with Crippen LogP contribution in [0.15, 0.2) is 18.2 Å². The second kappa shape index (κ2) is 10.1. The average molecular weight is 440 g/mol. The van der Waals surface area contributed by atoms with Gasteiger partial charge in [0.2, 0.25) is 0 Å². The second-order valence-corrected chi connectivity index (χ2v) is 8.33. The lowest BCUT2D eigenvalue weighted by Crippen LogP contribution is -2.43. The molecule has 0 atom stereocenters. The standard InChI is InChI=1S/C23H33N7O2/c1-3-18-22(26-16-6-12-32-13-7-16)29-23(20(28-18)21(24)31)27-17-4-5-19(15(2)14-17)30-10-8-25-9-11-30/h4-5,14,16,25H,3,6-13H2,1-2H3,(H2,24,31)(H2,26,27,29). The quantitative estimate of drug-likeness (QED) is 0.519. The minimum atomic E-state index is -0.596. The Morgan fingerprint density at radius 1 is 1.22 bits per heavy atom. The van der Waals surface area contributed by atoms with E-state index in [1.165, 1.54) is 5.69 Å². The Morgan fingerprint density at radius 3 is 2.62 bits per heavy atom. The number of piperazine rings is 1. The first-order valence-corrected chi connectivity index (χ1v) is 11.4. The Labute approximate surface area is 189 Å². The molecule has 0 radical (unpaired) electrons. The van der Waals surface area contributed by atoms with Crippen molar-refractivity contribution < 1.29 is 9.53 Å². The molecule has 2 aliphatic heterocycles. The Kier molecular flexibility index (Phi) is 7.06. The molecule has 1 aromatic heterocycles. The lowest BCUT2D eigenvalue weighted by molar-refractivity contribution is 0.0903. The molecule has 9 heteroatoms. The molecule has 0 unspecified atom stereocenters. The van der Waals surface area contributed by atoms with Crippen molar-refractivity contribution >= 4 is 28.9 Å². The van der Waals surface area contributed by atoms with Gasteiger partial charge in [0, 0.05) is 56.8 Å². The lowest BCUT2D eigenvalue weighted by atomic mass is 10.1. The number of hydrogen-bond donors (Lipinski definition) is 4. The molecular formula is C23H33N7O2. The van der Waals surface area contributed by atoms with E-state index in [1.807, 2.05) is 13.0 Å². The molecule has 2 aliphatic rings. The highest BCUT2D eigenvalue weighted by molar-refractivity contribution is 5.96. The Morgan fingerprint density at radius 2 is 1.97 bits per heavy atom. The van der Waals surface area contributed by atoms with Crippen molar-refractivity contribution in [3.63, 3.8) is 0 Å². The predicted octanol–water partition coefficient (Wildman–Crippen LogP) is 2.19. The van der Waals surface area contributed by atoms with E-state index < -0.39 is 5.91 Å². The summed E-state index contributed by atoms with van der Waals surface area (Å²) in [5.41, 5.74) is 9.77. The van der Waals surface area contributed by atoms with E-state index in [4.69, 9.17) is 15.5 Å². The number of anilines is 4. The largest absolute Gasteiger partial charge is 0.381 e. The molecule has 4 rings (SSSR count). The van der Waals surface area contributed by atoms with Crippen LogP contribution in [0.1, 0.15) is 41.5 Å². The summed E-state index contributed by atoms with van der Waals surface area (Å²) in [6, 6.07) is 6.47. The van der Waals surface area contributed by atoms with Crippen molar-refractivity contribution in [3.8, 4) is 0 Å². The maximum Gasteiger partial charge on any atom is 0.271 e. The Hall–Kier alpha value is -2.91. The third kappa shape index (κ3) is 5.11. The number of nitrogens with one attached hydrogen (secondary N) is 3. The van der Waals surface area contributed by atoms with Crippen LogP contribution >= 0.6 is 0 Å². The van der Waals surface area contributed by atoms with E-state index in [1.54, 1.807) is 0 Å². The van der Waals surface area contributed by atoms with E-state index in [9.17, 15) is 4.79 Å². The Balaban J connectivity index is 1.60. The number of carbonyl (C=O) groups is 1. The molecule has 0 saturated carbocycles. The van der Waals surface area contributed by atoms with Gasteiger partial charge in [-0.2, -0.15) is 0 Å². The van der Waals surface area contributed by atoms with Crippen molar-refractivity contribution in [3.05, 3.63) is 35.2 Å². The SMILES string of the molecule is CCc1nc(C(N)=O)c(Nc2ccc(N3CCNCC3)c(C)c2)nc1NC1CCOCC1. The van der Waals surface area contributed by atoms with Gasteiger partial charge in [0.25, 0.3) is 5.91 Å². The molecule has 0 aliphatic carbocycles. The number of nitrogens with zero attached hydrogens (tertiary/aromatic N) is 3. The first-order valence-electron chi connectivity index (χ1n) is 11.4. The number of carbonyl (C=O) groups excluding carboxylic acids is 1. The van der Waals surface area contributed by atoms with Gasteiger partial charge in [0.15, 0.2) is 17.3 Å². The third-order valence-corrected chi connectivity index (χ3v) is 6.02. The number of ether oxygens (including phenoxy) is 1. The molecular weight excluding hydrogens is 406 g/mol. The van der Waals surface area contributed by atoms with Crippen molar-refractivity contribution in [1.29, 1.82) is 0 Å². The topological polar surface area (TPSA) is 117 Å². The maximum absolute atomic E-state index is 12.1. The van der Waals surface area contributed by atoms with Gasteiger partial charge in [0.1, 0.15) is 0 Å². The average Bonchev–Trinajstić information content (AvgIpc) is 2.80. The highest BCUT2D eigenvalue weighted by Crippen LogP contribution is 2.28. The van der Waals surface area contributed by atoms with Crippen molar-refractivity contribution in [2.24, 2.45) is 5.73 Å². The zero-order chi connectivity index (χ0) is 22.5. The fourth-order valence-electron chi connectivity index (χ4n) is 4.26. The van der Waals surface area contributed by atoms with Crippen LogP contribution in [-0.2, 0) is 11.2 Å². The summed E-state index contributed by atoms with van der Waals surface area (Å²) < 4.78 is 5.46. The molecule has 32 heavy (non-hydrogen) atoms. The van der Waals surface area contributed by atoms with Crippen LogP contribution in [0.4, 0.5) is 23.0 Å². The zero-order valence-corrected chi connectivity index (χ0v) is 18.9. The summed E-state index contributed by atoms with van der Waals surface area (Å²) in [6.45, 7) is 9.52. The molecule has 1 amide bonds. The monoisotopic (exact) mass is 439 g/mol. The Bertz CT molecular complexity index is 954. The number of benzene rings is 1. The van der Waals surface area contributed by atoms with Gasteiger partial charge in [-0.25, -0.2) is 9.97 Å². The zero-order valence-electron chi connectivity index (χ0n) is 18.9. The first kappa shape index (κ1) is 22.3. The van der Waals surface area contributed by atoms with Crippen LogP contribution in [-0.4, -0.2) is 61.3 Å². The number of aryl methyl sites for hydroxylation is 2. The van der Waals surface area contributed by atoms with Crippen LogP contribution in [0.25, 0.3) is 0 Å². The van der Waals surface area contributed by atoms with E-state index in [0.29, 0.717) is 18.1 Å². The highest BCUT2D eigenvalue weighted by atomic mass is 16.5. The van der Waals surface area contributed by atoms with Gasteiger partial charge < -0.3 is 31.3 Å². The van der Waals surface area contributed by atoms with Gasteiger partial charge in [-0.3, -0.25) is 4.79 Å². The third-order valence-electron chi connectivity index (χ3n) is 6.02. The molecule has 2 fully saturated rings. The molecule has 0 spiro atoms.